The molecule has 0 aliphatic carbocycles. The van der Waals surface area contributed by atoms with Crippen molar-refractivity contribution in [2.45, 2.75) is 26.2 Å². The lowest BCUT2D eigenvalue weighted by atomic mass is 9.82. The lowest BCUT2D eigenvalue weighted by molar-refractivity contribution is 0.311. The SMILES string of the molecule is CCOc1ccc(-c2[nH]nc3c2[C@@H](c2ccc(CC)cc2)C(C#N)=C(N)O3)cc1OC. The Labute approximate surface area is 181 Å². The first-order valence-electron chi connectivity index (χ1n) is 10.2. The van der Waals surface area contributed by atoms with Crippen molar-refractivity contribution in [3.8, 4) is 34.7 Å². The summed E-state index contributed by atoms with van der Waals surface area (Å²) >= 11 is 0. The molecule has 0 unspecified atom stereocenters. The van der Waals surface area contributed by atoms with Crippen molar-refractivity contribution in [2.24, 2.45) is 5.73 Å². The molecule has 0 spiro atoms. The van der Waals surface area contributed by atoms with Gasteiger partial charge in [-0.05, 0) is 42.7 Å². The molecule has 1 aromatic heterocycles. The monoisotopic (exact) mass is 416 g/mol. The third-order valence-electron chi connectivity index (χ3n) is 5.41. The number of nitrogens with two attached hydrogens (primary N) is 1. The zero-order valence-corrected chi connectivity index (χ0v) is 17.7. The van der Waals surface area contributed by atoms with Crippen LogP contribution in [0.2, 0.25) is 0 Å². The highest BCUT2D eigenvalue weighted by molar-refractivity contribution is 5.73. The maximum absolute atomic E-state index is 9.86. The van der Waals surface area contributed by atoms with Gasteiger partial charge in [-0.3, -0.25) is 5.10 Å². The highest BCUT2D eigenvalue weighted by atomic mass is 16.5. The highest BCUT2D eigenvalue weighted by Gasteiger charge is 2.35. The molecular weight excluding hydrogens is 392 g/mol. The summed E-state index contributed by atoms with van der Waals surface area (Å²) in [6.07, 6.45) is 0.936. The Hall–Kier alpha value is -3.92. The first-order chi connectivity index (χ1) is 15.1. The van der Waals surface area contributed by atoms with Gasteiger partial charge in [0.2, 0.25) is 11.8 Å². The summed E-state index contributed by atoms with van der Waals surface area (Å²) in [4.78, 5) is 0. The molecule has 1 atom stereocenters. The van der Waals surface area contributed by atoms with Crippen molar-refractivity contribution in [1.29, 1.82) is 5.26 Å². The van der Waals surface area contributed by atoms with Crippen LogP contribution < -0.4 is 19.9 Å². The number of rotatable bonds is 6. The molecule has 7 nitrogen and oxygen atoms in total. The van der Waals surface area contributed by atoms with E-state index in [1.54, 1.807) is 7.11 Å². The van der Waals surface area contributed by atoms with Gasteiger partial charge in [-0.15, -0.1) is 5.10 Å². The molecule has 7 heteroatoms. The number of hydrogen-bond donors (Lipinski definition) is 2. The normalized spacial score (nSPS) is 15.1. The van der Waals surface area contributed by atoms with Crippen LogP contribution in [0.25, 0.3) is 11.3 Å². The lowest BCUT2D eigenvalue weighted by Gasteiger charge is -2.24. The van der Waals surface area contributed by atoms with Gasteiger partial charge in [-0.1, -0.05) is 31.2 Å². The predicted octanol–water partition coefficient (Wildman–Crippen LogP) is 4.26. The second kappa shape index (κ2) is 8.44. The van der Waals surface area contributed by atoms with Crippen molar-refractivity contribution in [3.05, 3.63) is 70.6 Å². The predicted molar refractivity (Wildman–Crippen MR) is 117 cm³/mol. The first kappa shape index (κ1) is 20.4. The summed E-state index contributed by atoms with van der Waals surface area (Å²) in [7, 11) is 1.60. The number of aromatic nitrogens is 2. The van der Waals surface area contributed by atoms with Gasteiger partial charge in [0.05, 0.1) is 30.9 Å². The zero-order valence-electron chi connectivity index (χ0n) is 17.7. The van der Waals surface area contributed by atoms with E-state index in [9.17, 15) is 5.26 Å². The molecule has 0 amide bonds. The number of allylic oxidation sites excluding steroid dienone is 1. The second-order valence-electron chi connectivity index (χ2n) is 7.14. The number of fused-ring (bicyclic) bond motifs is 1. The molecule has 0 saturated heterocycles. The molecule has 2 heterocycles. The van der Waals surface area contributed by atoms with Gasteiger partial charge >= 0.3 is 0 Å². The standard InChI is InChI=1S/C24H24N4O3/c1-4-14-6-8-15(9-7-14)20-17(13-25)23(26)31-24-21(20)22(27-28-24)16-10-11-18(30-5-2)19(12-16)29-3/h6-12,20H,4-5,26H2,1-3H3,(H,27,28)/t20-/m0/s1. The number of nitriles is 1. The molecule has 3 N–H and O–H groups in total. The zero-order chi connectivity index (χ0) is 22.0. The van der Waals surface area contributed by atoms with Gasteiger partial charge in [0.1, 0.15) is 11.6 Å². The number of aryl methyl sites for hydroxylation is 1. The van der Waals surface area contributed by atoms with Crippen molar-refractivity contribution in [1.82, 2.24) is 10.2 Å². The Morgan fingerprint density at radius 2 is 1.94 bits per heavy atom. The number of hydrogen-bond acceptors (Lipinski definition) is 6. The fourth-order valence-corrected chi connectivity index (χ4v) is 3.84. The average molecular weight is 416 g/mol. The third-order valence-corrected chi connectivity index (χ3v) is 5.41. The summed E-state index contributed by atoms with van der Waals surface area (Å²) in [6.45, 7) is 4.56. The van der Waals surface area contributed by atoms with E-state index in [0.29, 0.717) is 29.6 Å². The van der Waals surface area contributed by atoms with Crippen LogP contribution in [0.5, 0.6) is 17.4 Å². The molecule has 158 valence electrons. The number of methoxy groups -OCH3 is 1. The molecule has 0 bridgehead atoms. The molecule has 1 aliphatic heterocycles. The summed E-state index contributed by atoms with van der Waals surface area (Å²) in [6, 6.07) is 16.1. The second-order valence-corrected chi connectivity index (χ2v) is 7.14. The van der Waals surface area contributed by atoms with E-state index in [2.05, 4.69) is 35.3 Å². The molecule has 1 aliphatic rings. The number of nitrogens with one attached hydrogen (secondary N) is 1. The van der Waals surface area contributed by atoms with Crippen molar-refractivity contribution >= 4 is 0 Å². The quantitative estimate of drug-likeness (QED) is 0.622. The van der Waals surface area contributed by atoms with E-state index in [1.165, 1.54) is 5.56 Å². The van der Waals surface area contributed by atoms with E-state index in [-0.39, 0.29) is 5.88 Å². The molecule has 0 saturated carbocycles. The average Bonchev–Trinajstić information content (AvgIpc) is 3.22. The van der Waals surface area contributed by atoms with Gasteiger partial charge in [-0.2, -0.15) is 5.26 Å². The fraction of sp³-hybridized carbons (Fsp3) is 0.250. The number of ether oxygens (including phenoxy) is 3. The number of nitrogens with zero attached hydrogens (tertiary/aromatic N) is 2. The van der Waals surface area contributed by atoms with Crippen LogP contribution in [0.3, 0.4) is 0 Å². The van der Waals surface area contributed by atoms with Crippen LogP contribution >= 0.6 is 0 Å². The van der Waals surface area contributed by atoms with Crippen LogP contribution in [0.4, 0.5) is 0 Å². The minimum absolute atomic E-state index is 0.0712. The van der Waals surface area contributed by atoms with E-state index in [0.717, 1.165) is 28.8 Å². The molecular formula is C24H24N4O3. The minimum Gasteiger partial charge on any atom is -0.493 e. The maximum Gasteiger partial charge on any atom is 0.244 e. The molecule has 3 aromatic rings. The van der Waals surface area contributed by atoms with Gasteiger partial charge < -0.3 is 19.9 Å². The fourth-order valence-electron chi connectivity index (χ4n) is 3.84. The van der Waals surface area contributed by atoms with Crippen LogP contribution in [0.1, 0.15) is 36.5 Å². The van der Waals surface area contributed by atoms with Gasteiger partial charge in [-0.25, -0.2) is 0 Å². The third kappa shape index (κ3) is 3.57. The Balaban J connectivity index is 1.87. The van der Waals surface area contributed by atoms with E-state index in [4.69, 9.17) is 19.9 Å². The van der Waals surface area contributed by atoms with Crippen molar-refractivity contribution < 1.29 is 14.2 Å². The van der Waals surface area contributed by atoms with Crippen molar-refractivity contribution in [3.63, 3.8) is 0 Å². The van der Waals surface area contributed by atoms with Crippen LogP contribution in [-0.4, -0.2) is 23.9 Å². The Bertz CT molecular complexity index is 1170. The number of benzene rings is 2. The highest BCUT2D eigenvalue weighted by Crippen LogP contribution is 2.46. The van der Waals surface area contributed by atoms with Crippen LogP contribution in [0.15, 0.2) is 53.9 Å². The largest absolute Gasteiger partial charge is 0.493 e. The van der Waals surface area contributed by atoms with Gasteiger partial charge in [0.15, 0.2) is 11.5 Å². The molecule has 0 fully saturated rings. The summed E-state index contributed by atoms with van der Waals surface area (Å²) in [5.41, 5.74) is 10.9. The lowest BCUT2D eigenvalue weighted by Crippen LogP contribution is -2.21. The molecule has 0 radical (unpaired) electrons. The Morgan fingerprint density at radius 3 is 2.58 bits per heavy atom. The van der Waals surface area contributed by atoms with E-state index >= 15 is 0 Å². The molecule has 31 heavy (non-hydrogen) atoms. The van der Waals surface area contributed by atoms with Gasteiger partial charge in [0, 0.05) is 5.56 Å². The van der Waals surface area contributed by atoms with Crippen molar-refractivity contribution in [2.75, 3.05) is 13.7 Å². The van der Waals surface area contributed by atoms with Crippen LogP contribution in [0, 0.1) is 11.3 Å². The topological polar surface area (TPSA) is 106 Å². The Kier molecular flexibility index (Phi) is 5.54. The van der Waals surface area contributed by atoms with Crippen LogP contribution in [-0.2, 0) is 6.42 Å². The number of H-pyrrole nitrogens is 1. The smallest absolute Gasteiger partial charge is 0.244 e. The summed E-state index contributed by atoms with van der Waals surface area (Å²) < 4.78 is 16.8. The van der Waals surface area contributed by atoms with E-state index in [1.807, 2.05) is 37.3 Å². The summed E-state index contributed by atoms with van der Waals surface area (Å²) in [5.74, 6) is 1.31. The first-order valence-corrected chi connectivity index (χ1v) is 10.2. The minimum atomic E-state index is -0.397. The molecule has 2 aromatic carbocycles. The maximum atomic E-state index is 9.86. The van der Waals surface area contributed by atoms with Gasteiger partial charge in [0.25, 0.3) is 0 Å². The van der Waals surface area contributed by atoms with E-state index < -0.39 is 5.92 Å². The number of aromatic amines is 1. The summed E-state index contributed by atoms with van der Waals surface area (Å²) in [5, 5.41) is 17.3. The molecule has 4 rings (SSSR count). The Morgan fingerprint density at radius 1 is 1.16 bits per heavy atom.